The van der Waals surface area contributed by atoms with Gasteiger partial charge in [0.25, 0.3) is 0 Å². The Kier molecular flexibility index (Phi) is 6.02. The molecule has 7 nitrogen and oxygen atoms in total. The lowest BCUT2D eigenvalue weighted by atomic mass is 9.68. The van der Waals surface area contributed by atoms with E-state index >= 15 is 0 Å². The topological polar surface area (TPSA) is 105 Å². The third-order valence-corrected chi connectivity index (χ3v) is 7.58. The third kappa shape index (κ3) is 4.39. The summed E-state index contributed by atoms with van der Waals surface area (Å²) in [6, 6.07) is 15.4. The molecular formula is C27H30N2O5. The smallest absolute Gasteiger partial charge is 0.407 e. The van der Waals surface area contributed by atoms with Gasteiger partial charge < -0.3 is 20.5 Å². The number of alkyl carbamates (subject to hydrolysis) is 1. The molecule has 0 unspecified atom stereocenters. The van der Waals surface area contributed by atoms with Gasteiger partial charge in [0, 0.05) is 12.5 Å². The van der Waals surface area contributed by atoms with E-state index in [2.05, 4.69) is 34.9 Å². The summed E-state index contributed by atoms with van der Waals surface area (Å²) in [4.78, 5) is 37.1. The zero-order valence-electron chi connectivity index (χ0n) is 19.1. The van der Waals surface area contributed by atoms with Crippen molar-refractivity contribution < 1.29 is 24.2 Å². The number of ether oxygens (including phenoxy) is 1. The van der Waals surface area contributed by atoms with Gasteiger partial charge >= 0.3 is 12.1 Å². The van der Waals surface area contributed by atoms with Gasteiger partial charge in [0.2, 0.25) is 5.91 Å². The third-order valence-electron chi connectivity index (χ3n) is 7.58. The van der Waals surface area contributed by atoms with Crippen molar-refractivity contribution in [1.82, 2.24) is 10.6 Å². The van der Waals surface area contributed by atoms with Crippen LogP contribution in [-0.2, 0) is 14.3 Å². The van der Waals surface area contributed by atoms with Crippen LogP contribution in [0.2, 0.25) is 0 Å². The van der Waals surface area contributed by atoms with Crippen molar-refractivity contribution in [1.29, 1.82) is 0 Å². The molecule has 2 aromatic carbocycles. The Hall–Kier alpha value is -3.35. The molecule has 34 heavy (non-hydrogen) atoms. The molecule has 178 valence electrons. The van der Waals surface area contributed by atoms with Gasteiger partial charge in [0.1, 0.15) is 12.6 Å². The molecule has 7 heteroatoms. The van der Waals surface area contributed by atoms with E-state index in [4.69, 9.17) is 4.74 Å². The molecule has 0 spiro atoms. The number of fused-ring (bicyclic) bond motifs is 3. The van der Waals surface area contributed by atoms with Crippen LogP contribution in [-0.4, -0.2) is 42.3 Å². The first-order valence-electron chi connectivity index (χ1n) is 12.1. The molecule has 2 amide bonds. The van der Waals surface area contributed by atoms with Crippen LogP contribution < -0.4 is 10.6 Å². The highest BCUT2D eigenvalue weighted by Crippen LogP contribution is 2.45. The SMILES string of the molecule is O=C(NCC1(C(=O)N[C@@H](CC2CC2)C(=O)O)CCC1)OCC1c2ccccc2-c2ccccc21. The first kappa shape index (κ1) is 22.4. The van der Waals surface area contributed by atoms with Crippen LogP contribution in [0.25, 0.3) is 11.1 Å². The lowest BCUT2D eigenvalue weighted by Gasteiger charge is -2.40. The second kappa shape index (κ2) is 9.12. The fourth-order valence-electron chi connectivity index (χ4n) is 5.20. The molecular weight excluding hydrogens is 432 g/mol. The summed E-state index contributed by atoms with van der Waals surface area (Å²) in [5.74, 6) is -0.930. The zero-order chi connectivity index (χ0) is 23.7. The molecule has 3 aliphatic rings. The van der Waals surface area contributed by atoms with E-state index in [-0.39, 0.29) is 25.0 Å². The molecule has 1 atom stereocenters. The minimum absolute atomic E-state index is 0.0298. The number of aliphatic carboxylic acids is 1. The summed E-state index contributed by atoms with van der Waals surface area (Å²) in [5.41, 5.74) is 3.85. The quantitative estimate of drug-likeness (QED) is 0.521. The van der Waals surface area contributed by atoms with E-state index in [1.807, 2.05) is 24.3 Å². The lowest BCUT2D eigenvalue weighted by Crippen LogP contribution is -2.55. The molecule has 0 heterocycles. The number of hydrogen-bond donors (Lipinski definition) is 3. The molecule has 5 rings (SSSR count). The fourth-order valence-corrected chi connectivity index (χ4v) is 5.20. The number of carboxylic acid groups (broad SMARTS) is 1. The molecule has 2 aromatic rings. The first-order chi connectivity index (χ1) is 16.5. The van der Waals surface area contributed by atoms with Gasteiger partial charge in [0.05, 0.1) is 5.41 Å². The average molecular weight is 463 g/mol. The van der Waals surface area contributed by atoms with Gasteiger partial charge in [-0.1, -0.05) is 67.8 Å². The number of nitrogens with one attached hydrogen (secondary N) is 2. The predicted octanol–water partition coefficient (Wildman–Crippen LogP) is 4.06. The number of rotatable bonds is 9. The van der Waals surface area contributed by atoms with E-state index in [9.17, 15) is 19.5 Å². The summed E-state index contributed by atoms with van der Waals surface area (Å²) in [7, 11) is 0. The van der Waals surface area contributed by atoms with Crippen LogP contribution in [0.3, 0.4) is 0 Å². The van der Waals surface area contributed by atoms with Crippen molar-refractivity contribution in [3.8, 4) is 11.1 Å². The average Bonchev–Trinajstić information content (AvgIpc) is 3.57. The molecule has 0 radical (unpaired) electrons. The molecule has 0 saturated heterocycles. The lowest BCUT2D eigenvalue weighted by molar-refractivity contribution is -0.146. The fraction of sp³-hybridized carbons (Fsp3) is 0.444. The number of carbonyl (C=O) groups is 3. The highest BCUT2D eigenvalue weighted by atomic mass is 16.5. The highest BCUT2D eigenvalue weighted by molar-refractivity contribution is 5.88. The summed E-state index contributed by atoms with van der Waals surface area (Å²) in [5, 5.41) is 15.0. The molecule has 0 bridgehead atoms. The molecule has 2 fully saturated rings. The minimum atomic E-state index is -1.00. The normalized spacial score (nSPS) is 18.7. The van der Waals surface area contributed by atoms with Gasteiger partial charge in [-0.25, -0.2) is 9.59 Å². The number of benzene rings is 2. The number of carboxylic acids is 1. The Bertz CT molecular complexity index is 1060. The van der Waals surface area contributed by atoms with E-state index in [0.717, 1.165) is 41.5 Å². The largest absolute Gasteiger partial charge is 0.480 e. The maximum atomic E-state index is 13.0. The van der Waals surface area contributed by atoms with Crippen molar-refractivity contribution in [2.75, 3.05) is 13.2 Å². The van der Waals surface area contributed by atoms with Crippen molar-refractivity contribution >= 4 is 18.0 Å². The Morgan fingerprint density at radius 3 is 2.15 bits per heavy atom. The number of carbonyl (C=O) groups excluding carboxylic acids is 2. The van der Waals surface area contributed by atoms with Crippen molar-refractivity contribution in [3.05, 3.63) is 59.7 Å². The standard InChI is InChI=1S/C27H30N2O5/c30-24(31)23(14-17-10-11-17)29-25(32)27(12-5-13-27)16-28-26(33)34-15-22-20-8-3-1-6-18(20)19-7-2-4-9-21(19)22/h1-4,6-9,17,22-23H,5,10-16H2,(H,28,33)(H,29,32)(H,30,31)/t23-/m0/s1. The number of hydrogen-bond acceptors (Lipinski definition) is 4. The Balaban J connectivity index is 1.17. The first-order valence-corrected chi connectivity index (χ1v) is 12.1. The summed E-state index contributed by atoms with van der Waals surface area (Å²) >= 11 is 0. The van der Waals surface area contributed by atoms with Crippen LogP contribution in [0.5, 0.6) is 0 Å². The molecule has 3 N–H and O–H groups in total. The van der Waals surface area contributed by atoms with E-state index in [0.29, 0.717) is 25.2 Å². The van der Waals surface area contributed by atoms with Crippen LogP contribution in [0.15, 0.2) is 48.5 Å². The zero-order valence-corrected chi connectivity index (χ0v) is 19.1. The minimum Gasteiger partial charge on any atom is -0.480 e. The van der Waals surface area contributed by atoms with Gasteiger partial charge in [-0.2, -0.15) is 0 Å². The Morgan fingerprint density at radius 2 is 1.62 bits per heavy atom. The van der Waals surface area contributed by atoms with Crippen molar-refractivity contribution in [2.45, 2.75) is 50.5 Å². The van der Waals surface area contributed by atoms with Gasteiger partial charge in [0.15, 0.2) is 0 Å². The molecule has 0 aromatic heterocycles. The van der Waals surface area contributed by atoms with Gasteiger partial charge in [-0.3, -0.25) is 4.79 Å². The maximum absolute atomic E-state index is 13.0. The maximum Gasteiger partial charge on any atom is 0.407 e. The van der Waals surface area contributed by atoms with Crippen LogP contribution in [0.4, 0.5) is 4.79 Å². The van der Waals surface area contributed by atoms with Crippen LogP contribution in [0.1, 0.15) is 55.6 Å². The van der Waals surface area contributed by atoms with Crippen LogP contribution in [0, 0.1) is 11.3 Å². The van der Waals surface area contributed by atoms with Crippen LogP contribution >= 0.6 is 0 Å². The highest BCUT2D eigenvalue weighted by Gasteiger charge is 2.46. The molecule has 3 aliphatic carbocycles. The molecule has 2 saturated carbocycles. The molecule has 0 aliphatic heterocycles. The Labute approximate surface area is 198 Å². The van der Waals surface area contributed by atoms with Gasteiger partial charge in [-0.05, 0) is 47.4 Å². The summed E-state index contributed by atoms with van der Waals surface area (Å²) < 4.78 is 5.59. The summed E-state index contributed by atoms with van der Waals surface area (Å²) in [6.45, 7) is 0.354. The second-order valence-electron chi connectivity index (χ2n) is 9.86. The predicted molar refractivity (Wildman–Crippen MR) is 126 cm³/mol. The van der Waals surface area contributed by atoms with Gasteiger partial charge in [-0.15, -0.1) is 0 Å². The second-order valence-corrected chi connectivity index (χ2v) is 9.86. The van der Waals surface area contributed by atoms with E-state index in [1.165, 1.54) is 0 Å². The van der Waals surface area contributed by atoms with E-state index in [1.54, 1.807) is 0 Å². The van der Waals surface area contributed by atoms with Crippen molar-refractivity contribution in [2.24, 2.45) is 11.3 Å². The van der Waals surface area contributed by atoms with E-state index < -0.39 is 23.5 Å². The Morgan fingerprint density at radius 1 is 1.00 bits per heavy atom. The van der Waals surface area contributed by atoms with Crippen molar-refractivity contribution in [3.63, 3.8) is 0 Å². The monoisotopic (exact) mass is 462 g/mol. The summed E-state index contributed by atoms with van der Waals surface area (Å²) in [6.07, 6.45) is 4.07. The number of amides is 2.